The smallest absolute Gasteiger partial charge is 0.163 e. The van der Waals surface area contributed by atoms with Gasteiger partial charge in [-0.05, 0) is 38.3 Å². The summed E-state index contributed by atoms with van der Waals surface area (Å²) in [5, 5.41) is 0. The third-order valence-electron chi connectivity index (χ3n) is 5.20. The molecule has 2 heterocycles. The molecule has 4 rings (SSSR count). The standard InChI is InChI=1S/C19H20O3/c1-12(20)15-11-17(22-13(15)2)19(14-7-4-3-5-8-14)16-9-6-10-21-18(16)19/h3-5,7-8,11,16,18H,6,9-10H2,1-2H3/t16?,18?,19-/m0/s1. The van der Waals surface area contributed by atoms with Crippen LogP contribution in [0.2, 0.25) is 0 Å². The normalized spacial score (nSPS) is 29.9. The average molecular weight is 296 g/mol. The van der Waals surface area contributed by atoms with Gasteiger partial charge in [0.15, 0.2) is 5.78 Å². The lowest BCUT2D eigenvalue weighted by Crippen LogP contribution is -2.16. The van der Waals surface area contributed by atoms with E-state index in [0.717, 1.165) is 25.2 Å². The number of carbonyl (C=O) groups is 1. The minimum Gasteiger partial charge on any atom is -0.465 e. The van der Waals surface area contributed by atoms with E-state index in [9.17, 15) is 4.79 Å². The Hall–Kier alpha value is -1.87. The number of benzene rings is 1. The molecule has 3 nitrogen and oxygen atoms in total. The van der Waals surface area contributed by atoms with E-state index in [-0.39, 0.29) is 17.3 Å². The molecular weight excluding hydrogens is 276 g/mol. The monoisotopic (exact) mass is 296 g/mol. The molecule has 2 unspecified atom stereocenters. The third kappa shape index (κ3) is 1.75. The summed E-state index contributed by atoms with van der Waals surface area (Å²) in [6.45, 7) is 4.27. The van der Waals surface area contributed by atoms with Gasteiger partial charge in [0.2, 0.25) is 0 Å². The van der Waals surface area contributed by atoms with Gasteiger partial charge < -0.3 is 9.15 Å². The number of fused-ring (bicyclic) bond motifs is 1. The highest BCUT2D eigenvalue weighted by molar-refractivity contribution is 5.95. The first-order valence-corrected chi connectivity index (χ1v) is 7.94. The zero-order valence-electron chi connectivity index (χ0n) is 13.0. The van der Waals surface area contributed by atoms with Gasteiger partial charge in [-0.15, -0.1) is 0 Å². The molecule has 0 spiro atoms. The Balaban J connectivity index is 1.86. The second-order valence-electron chi connectivity index (χ2n) is 6.41. The van der Waals surface area contributed by atoms with Crippen LogP contribution in [0, 0.1) is 12.8 Å². The number of ether oxygens (including phenoxy) is 1. The summed E-state index contributed by atoms with van der Waals surface area (Å²) >= 11 is 0. The van der Waals surface area contributed by atoms with E-state index < -0.39 is 0 Å². The molecule has 1 aliphatic heterocycles. The maximum Gasteiger partial charge on any atom is 0.163 e. The van der Waals surface area contributed by atoms with Crippen molar-refractivity contribution in [1.82, 2.24) is 0 Å². The van der Waals surface area contributed by atoms with Crippen LogP contribution in [0.3, 0.4) is 0 Å². The van der Waals surface area contributed by atoms with E-state index in [4.69, 9.17) is 9.15 Å². The van der Waals surface area contributed by atoms with Gasteiger partial charge in [-0.25, -0.2) is 0 Å². The molecule has 0 N–H and O–H groups in total. The molecule has 1 saturated carbocycles. The van der Waals surface area contributed by atoms with Crippen LogP contribution in [-0.2, 0) is 10.2 Å². The van der Waals surface area contributed by atoms with E-state index in [1.54, 1.807) is 6.92 Å². The van der Waals surface area contributed by atoms with Crippen molar-refractivity contribution in [3.8, 4) is 0 Å². The first kappa shape index (κ1) is 13.8. The lowest BCUT2D eigenvalue weighted by molar-refractivity contribution is 0.0737. The summed E-state index contributed by atoms with van der Waals surface area (Å²) in [5.74, 6) is 2.11. The van der Waals surface area contributed by atoms with Crippen LogP contribution < -0.4 is 0 Å². The van der Waals surface area contributed by atoms with E-state index in [1.807, 2.05) is 19.1 Å². The van der Waals surface area contributed by atoms with Crippen molar-refractivity contribution in [2.24, 2.45) is 5.92 Å². The second kappa shape index (κ2) is 4.82. The molecule has 1 saturated heterocycles. The van der Waals surface area contributed by atoms with Gasteiger partial charge >= 0.3 is 0 Å². The van der Waals surface area contributed by atoms with Crippen molar-refractivity contribution in [2.75, 3.05) is 6.61 Å². The fraction of sp³-hybridized carbons (Fsp3) is 0.421. The van der Waals surface area contributed by atoms with Gasteiger partial charge in [-0.3, -0.25) is 4.79 Å². The van der Waals surface area contributed by atoms with Gasteiger partial charge in [0, 0.05) is 12.5 Å². The predicted molar refractivity (Wildman–Crippen MR) is 83.1 cm³/mol. The molecule has 0 amide bonds. The summed E-state index contributed by atoms with van der Waals surface area (Å²) in [4.78, 5) is 11.8. The molecular formula is C19H20O3. The Labute approximate surface area is 130 Å². The van der Waals surface area contributed by atoms with E-state index in [1.165, 1.54) is 5.56 Å². The van der Waals surface area contributed by atoms with Crippen LogP contribution in [0.25, 0.3) is 0 Å². The largest absolute Gasteiger partial charge is 0.465 e. The number of furan rings is 1. The zero-order chi connectivity index (χ0) is 15.3. The highest BCUT2D eigenvalue weighted by Gasteiger charge is 2.70. The van der Waals surface area contributed by atoms with Gasteiger partial charge in [0.1, 0.15) is 11.5 Å². The van der Waals surface area contributed by atoms with Crippen LogP contribution in [0.15, 0.2) is 40.8 Å². The summed E-state index contributed by atoms with van der Waals surface area (Å²) in [7, 11) is 0. The van der Waals surface area contributed by atoms with Crippen molar-refractivity contribution in [2.45, 2.75) is 38.2 Å². The number of hydrogen-bond donors (Lipinski definition) is 0. The quantitative estimate of drug-likeness (QED) is 0.807. The topological polar surface area (TPSA) is 39.4 Å². The van der Waals surface area contributed by atoms with Gasteiger partial charge in [0.25, 0.3) is 0 Å². The molecule has 3 heteroatoms. The van der Waals surface area contributed by atoms with Crippen molar-refractivity contribution < 1.29 is 13.9 Å². The highest BCUT2D eigenvalue weighted by Crippen LogP contribution is 2.64. The summed E-state index contributed by atoms with van der Waals surface area (Å²) < 4.78 is 12.1. The first-order valence-electron chi connectivity index (χ1n) is 7.94. The Morgan fingerprint density at radius 2 is 2.05 bits per heavy atom. The van der Waals surface area contributed by atoms with Crippen LogP contribution in [0.4, 0.5) is 0 Å². The van der Waals surface area contributed by atoms with Crippen molar-refractivity contribution in [1.29, 1.82) is 0 Å². The fourth-order valence-electron chi connectivity index (χ4n) is 4.16. The predicted octanol–water partition coefficient (Wildman–Crippen LogP) is 3.89. The molecule has 2 aromatic rings. The number of Topliss-reactive ketones (excluding diaryl/α,β-unsaturated/α-hetero) is 1. The van der Waals surface area contributed by atoms with Crippen molar-refractivity contribution >= 4 is 5.78 Å². The molecule has 1 aromatic carbocycles. The van der Waals surface area contributed by atoms with E-state index in [2.05, 4.69) is 24.3 Å². The van der Waals surface area contributed by atoms with Crippen LogP contribution >= 0.6 is 0 Å². The fourth-order valence-corrected chi connectivity index (χ4v) is 4.16. The molecule has 2 fully saturated rings. The minimum absolute atomic E-state index is 0.0558. The number of hydrogen-bond acceptors (Lipinski definition) is 3. The Kier molecular flexibility index (Phi) is 3.01. The van der Waals surface area contributed by atoms with Crippen LogP contribution in [-0.4, -0.2) is 18.5 Å². The number of carbonyl (C=O) groups excluding carboxylic acids is 1. The molecule has 114 valence electrons. The molecule has 22 heavy (non-hydrogen) atoms. The molecule has 3 atom stereocenters. The SMILES string of the molecule is CC(=O)c1cc([C@]2(c3ccccc3)C3CCCOC32)oc1C. The minimum atomic E-state index is -0.212. The van der Waals surface area contributed by atoms with E-state index >= 15 is 0 Å². The molecule has 0 bridgehead atoms. The van der Waals surface area contributed by atoms with Gasteiger partial charge in [0.05, 0.1) is 17.1 Å². The van der Waals surface area contributed by atoms with Gasteiger partial charge in [-0.1, -0.05) is 30.3 Å². The van der Waals surface area contributed by atoms with Crippen molar-refractivity contribution in [3.63, 3.8) is 0 Å². The third-order valence-corrected chi connectivity index (χ3v) is 5.20. The number of aryl methyl sites for hydroxylation is 1. The maximum atomic E-state index is 11.8. The molecule has 2 aliphatic rings. The van der Waals surface area contributed by atoms with Gasteiger partial charge in [-0.2, -0.15) is 0 Å². The second-order valence-corrected chi connectivity index (χ2v) is 6.41. The first-order chi connectivity index (χ1) is 10.7. The Morgan fingerprint density at radius 1 is 1.27 bits per heavy atom. The highest BCUT2D eigenvalue weighted by atomic mass is 16.5. The summed E-state index contributed by atoms with van der Waals surface area (Å²) in [6, 6.07) is 12.4. The molecule has 1 aliphatic carbocycles. The summed E-state index contributed by atoms with van der Waals surface area (Å²) in [6.07, 6.45) is 2.41. The van der Waals surface area contributed by atoms with Crippen LogP contribution in [0.5, 0.6) is 0 Å². The van der Waals surface area contributed by atoms with Crippen molar-refractivity contribution in [3.05, 3.63) is 59.0 Å². The number of rotatable bonds is 3. The van der Waals surface area contributed by atoms with E-state index in [0.29, 0.717) is 17.2 Å². The lowest BCUT2D eigenvalue weighted by atomic mass is 9.89. The zero-order valence-corrected chi connectivity index (χ0v) is 13.0. The Bertz CT molecular complexity index is 702. The van der Waals surface area contributed by atoms with Crippen LogP contribution in [0.1, 0.15) is 47.2 Å². The summed E-state index contributed by atoms with van der Waals surface area (Å²) in [5.41, 5.74) is 1.71. The maximum absolute atomic E-state index is 11.8. The number of ketones is 1. The Morgan fingerprint density at radius 3 is 2.64 bits per heavy atom. The molecule has 1 aromatic heterocycles. The lowest BCUT2D eigenvalue weighted by Gasteiger charge is -2.15. The molecule has 0 radical (unpaired) electrons. The average Bonchev–Trinajstić information content (AvgIpc) is 3.06.